The summed E-state index contributed by atoms with van der Waals surface area (Å²) in [5.74, 6) is 1.99. The van der Waals surface area contributed by atoms with Crippen LogP contribution in [0.2, 0.25) is 0 Å². The van der Waals surface area contributed by atoms with Crippen LogP contribution in [0, 0.1) is 6.92 Å². The third kappa shape index (κ3) is 4.94. The second-order valence-electron chi connectivity index (χ2n) is 6.92. The highest BCUT2D eigenvalue weighted by Crippen LogP contribution is 2.28. The van der Waals surface area contributed by atoms with E-state index in [4.69, 9.17) is 4.42 Å². The minimum atomic E-state index is -0.150. The molecule has 148 valence electrons. The second kappa shape index (κ2) is 9.13. The van der Waals surface area contributed by atoms with Crippen molar-refractivity contribution < 1.29 is 14.3 Å². The first kappa shape index (κ1) is 21.1. The van der Waals surface area contributed by atoms with Crippen LogP contribution in [0.1, 0.15) is 49.3 Å². The van der Waals surface area contributed by atoms with Crippen LogP contribution in [0.3, 0.4) is 0 Å². The van der Waals surface area contributed by atoms with Gasteiger partial charge in [-0.05, 0) is 37.5 Å². The van der Waals surface area contributed by atoms with E-state index in [0.717, 1.165) is 17.1 Å². The maximum absolute atomic E-state index is 11.8. The van der Waals surface area contributed by atoms with Crippen LogP contribution >= 0.6 is 0 Å². The smallest absolute Gasteiger partial charge is 0.161 e. The molecule has 28 heavy (non-hydrogen) atoms. The lowest BCUT2D eigenvalue weighted by Gasteiger charge is -2.13. The molecule has 2 aromatic rings. The predicted octanol–water partition coefficient (Wildman–Crippen LogP) is 5.25. The topological polar surface area (TPSA) is 74.5 Å². The molecule has 0 unspecified atom stereocenters. The van der Waals surface area contributed by atoms with Crippen molar-refractivity contribution in [3.63, 3.8) is 0 Å². The number of phenols is 1. The Kier molecular flexibility index (Phi) is 6.88. The molecule has 0 fully saturated rings. The molecule has 0 radical (unpaired) electrons. The van der Waals surface area contributed by atoms with Crippen molar-refractivity contribution in [1.82, 2.24) is 5.32 Å². The van der Waals surface area contributed by atoms with Crippen molar-refractivity contribution >= 4 is 17.5 Å². The van der Waals surface area contributed by atoms with E-state index in [0.29, 0.717) is 35.0 Å². The number of allylic oxidation sites excluding steroid dienone is 1. The summed E-state index contributed by atoms with van der Waals surface area (Å²) in [6.07, 6.45) is 3.19. The quantitative estimate of drug-likeness (QED) is 0.315. The van der Waals surface area contributed by atoms with Crippen molar-refractivity contribution in [2.75, 3.05) is 5.32 Å². The van der Waals surface area contributed by atoms with E-state index in [-0.39, 0.29) is 11.5 Å². The van der Waals surface area contributed by atoms with E-state index in [1.165, 1.54) is 6.92 Å². The van der Waals surface area contributed by atoms with E-state index in [2.05, 4.69) is 37.6 Å². The minimum absolute atomic E-state index is 0.0878. The number of aromatic hydroxyl groups is 1. The summed E-state index contributed by atoms with van der Waals surface area (Å²) in [4.78, 5) is 11.8. The Labute approximate surface area is 166 Å². The Hall–Kier alpha value is -3.21. The zero-order valence-corrected chi connectivity index (χ0v) is 16.9. The van der Waals surface area contributed by atoms with Gasteiger partial charge in [-0.15, -0.1) is 0 Å². The molecule has 0 aliphatic rings. The number of ketones is 1. The van der Waals surface area contributed by atoms with Gasteiger partial charge in [0.25, 0.3) is 0 Å². The molecule has 2 rings (SSSR count). The molecule has 1 aromatic heterocycles. The minimum Gasteiger partial charge on any atom is -0.505 e. The first-order chi connectivity index (χ1) is 13.2. The lowest BCUT2D eigenvalue weighted by molar-refractivity contribution is -0.113. The van der Waals surface area contributed by atoms with E-state index in [1.54, 1.807) is 30.5 Å². The standard InChI is InChI=1S/C23H28N2O3/c1-7-18-9-8-10-21(23(18)27)25-13-22(15(4)16(5)26)24-12-19-11-20(14(2)3)17(6)28-19/h7-11,13-14,24-25,27H,1,4,12H2,2-3,5-6H3. The number of nitrogens with one attached hydrogen (secondary N) is 2. The molecule has 0 atom stereocenters. The largest absolute Gasteiger partial charge is 0.505 e. The van der Waals surface area contributed by atoms with Gasteiger partial charge in [-0.3, -0.25) is 4.79 Å². The normalized spacial score (nSPS) is 11.4. The van der Waals surface area contributed by atoms with Crippen molar-refractivity contribution in [2.45, 2.75) is 40.2 Å². The van der Waals surface area contributed by atoms with Gasteiger partial charge >= 0.3 is 0 Å². The van der Waals surface area contributed by atoms with Crippen molar-refractivity contribution in [1.29, 1.82) is 0 Å². The van der Waals surface area contributed by atoms with Crippen LogP contribution in [0.4, 0.5) is 5.69 Å². The number of para-hydroxylation sites is 1. The molecule has 5 nitrogen and oxygen atoms in total. The summed E-state index contributed by atoms with van der Waals surface area (Å²) in [7, 11) is 0. The van der Waals surface area contributed by atoms with E-state index in [9.17, 15) is 9.90 Å². The number of hydrogen-bond acceptors (Lipinski definition) is 5. The number of carbonyl (C=O) groups excluding carboxylic acids is 1. The van der Waals surface area contributed by atoms with Crippen molar-refractivity contribution in [2.24, 2.45) is 0 Å². The van der Waals surface area contributed by atoms with Crippen molar-refractivity contribution in [3.8, 4) is 5.75 Å². The third-order valence-electron chi connectivity index (χ3n) is 4.49. The summed E-state index contributed by atoms with van der Waals surface area (Å²) < 4.78 is 5.80. The lowest BCUT2D eigenvalue weighted by atomic mass is 10.0. The molecule has 1 aromatic carbocycles. The van der Waals surface area contributed by atoms with Crippen LogP contribution in [0.5, 0.6) is 5.75 Å². The molecule has 0 amide bonds. The Morgan fingerprint density at radius 2 is 2.07 bits per heavy atom. The Morgan fingerprint density at radius 3 is 2.64 bits per heavy atom. The molecule has 0 aliphatic heterocycles. The Balaban J connectivity index is 2.22. The SMILES string of the molecule is C=Cc1cccc(NC=C(NCc2cc(C(C)C)c(C)o2)C(=C)C(C)=O)c1O. The van der Waals surface area contributed by atoms with Crippen LogP contribution in [-0.2, 0) is 11.3 Å². The van der Waals surface area contributed by atoms with Crippen LogP contribution in [-0.4, -0.2) is 10.9 Å². The van der Waals surface area contributed by atoms with Gasteiger partial charge in [0.2, 0.25) is 0 Å². The fourth-order valence-corrected chi connectivity index (χ4v) is 2.83. The highest BCUT2D eigenvalue weighted by Gasteiger charge is 2.13. The van der Waals surface area contributed by atoms with Gasteiger partial charge in [0, 0.05) is 17.3 Å². The van der Waals surface area contributed by atoms with Crippen LogP contribution in [0.15, 0.2) is 59.3 Å². The number of phenolic OH excluding ortho intramolecular Hbond substituents is 1. The molecule has 0 saturated carbocycles. The highest BCUT2D eigenvalue weighted by molar-refractivity contribution is 5.96. The predicted molar refractivity (Wildman–Crippen MR) is 114 cm³/mol. The molecule has 1 heterocycles. The first-order valence-corrected chi connectivity index (χ1v) is 9.19. The molecule has 0 saturated heterocycles. The van der Waals surface area contributed by atoms with Gasteiger partial charge < -0.3 is 20.2 Å². The average molecular weight is 380 g/mol. The van der Waals surface area contributed by atoms with E-state index >= 15 is 0 Å². The van der Waals surface area contributed by atoms with E-state index in [1.807, 2.05) is 13.0 Å². The van der Waals surface area contributed by atoms with Gasteiger partial charge in [0.1, 0.15) is 17.3 Å². The van der Waals surface area contributed by atoms with Crippen molar-refractivity contribution in [3.05, 3.63) is 77.5 Å². The third-order valence-corrected chi connectivity index (χ3v) is 4.49. The summed E-state index contributed by atoms with van der Waals surface area (Å²) in [6, 6.07) is 7.32. The summed E-state index contributed by atoms with van der Waals surface area (Å²) in [5.41, 5.74) is 3.14. The fourth-order valence-electron chi connectivity index (χ4n) is 2.83. The maximum atomic E-state index is 11.8. The molecule has 0 bridgehead atoms. The number of Topliss-reactive ketones (excluding diaryl/α,β-unsaturated/α-hetero) is 1. The first-order valence-electron chi connectivity index (χ1n) is 9.19. The zero-order valence-electron chi connectivity index (χ0n) is 16.9. The number of hydrogen-bond donors (Lipinski definition) is 3. The number of furan rings is 1. The van der Waals surface area contributed by atoms with Crippen LogP contribution < -0.4 is 10.6 Å². The van der Waals surface area contributed by atoms with E-state index < -0.39 is 0 Å². The molecular weight excluding hydrogens is 352 g/mol. The number of carbonyl (C=O) groups is 1. The number of rotatable bonds is 9. The number of anilines is 1. The number of benzene rings is 1. The summed E-state index contributed by atoms with van der Waals surface area (Å²) >= 11 is 0. The van der Waals surface area contributed by atoms with Gasteiger partial charge in [0.15, 0.2) is 5.78 Å². The molecule has 0 spiro atoms. The maximum Gasteiger partial charge on any atom is 0.161 e. The average Bonchev–Trinajstić information content (AvgIpc) is 3.03. The Morgan fingerprint density at radius 1 is 1.36 bits per heavy atom. The molecule has 0 aliphatic carbocycles. The summed E-state index contributed by atoms with van der Waals surface area (Å²) in [6.45, 7) is 15.6. The van der Waals surface area contributed by atoms with Gasteiger partial charge in [0.05, 0.1) is 17.9 Å². The summed E-state index contributed by atoms with van der Waals surface area (Å²) in [5, 5.41) is 16.5. The molecule has 3 N–H and O–H groups in total. The highest BCUT2D eigenvalue weighted by atomic mass is 16.3. The Bertz CT molecular complexity index is 920. The number of aryl methyl sites for hydroxylation is 1. The van der Waals surface area contributed by atoms with Gasteiger partial charge in [-0.25, -0.2) is 0 Å². The molecular formula is C23H28N2O3. The van der Waals surface area contributed by atoms with Gasteiger partial charge in [-0.1, -0.05) is 45.2 Å². The zero-order chi connectivity index (χ0) is 20.8. The monoisotopic (exact) mass is 380 g/mol. The fraction of sp³-hybridized carbons (Fsp3) is 0.261. The second-order valence-corrected chi connectivity index (χ2v) is 6.92. The van der Waals surface area contributed by atoms with Crippen LogP contribution in [0.25, 0.3) is 6.08 Å². The van der Waals surface area contributed by atoms with Gasteiger partial charge in [-0.2, -0.15) is 0 Å². The molecule has 5 heteroatoms. The lowest BCUT2D eigenvalue weighted by Crippen LogP contribution is -2.18.